The van der Waals surface area contributed by atoms with Gasteiger partial charge in [-0.3, -0.25) is 4.79 Å². The molecule has 0 spiro atoms. The first-order chi connectivity index (χ1) is 9.29. The quantitative estimate of drug-likeness (QED) is 0.668. The highest BCUT2D eigenvalue weighted by atomic mass is 16.2. The number of nitrogens with one attached hydrogen (secondary N) is 1. The van der Waals surface area contributed by atoms with Crippen LogP contribution >= 0.6 is 0 Å². The molecule has 1 aromatic rings. The summed E-state index contributed by atoms with van der Waals surface area (Å²) in [5, 5.41) is 2.66. The van der Waals surface area contributed by atoms with Gasteiger partial charge >= 0.3 is 6.03 Å². The number of aldehydes is 1. The number of piperidine rings is 1. The number of carbonyl (C=O) groups excluding carboxylic acids is 2. The van der Waals surface area contributed by atoms with Gasteiger partial charge in [0.25, 0.3) is 0 Å². The third kappa shape index (κ3) is 3.95. The van der Waals surface area contributed by atoms with Crippen molar-refractivity contribution in [3.05, 3.63) is 41.6 Å². The van der Waals surface area contributed by atoms with Crippen LogP contribution in [0, 0.1) is 0 Å². The molecule has 0 radical (unpaired) electrons. The Labute approximate surface area is 113 Å². The Morgan fingerprint density at radius 3 is 2.42 bits per heavy atom. The van der Waals surface area contributed by atoms with Gasteiger partial charge in [0.1, 0.15) is 0 Å². The maximum atomic E-state index is 12.0. The zero-order valence-electron chi connectivity index (χ0n) is 10.8. The summed E-state index contributed by atoms with van der Waals surface area (Å²) in [6, 6.07) is 9.27. The Morgan fingerprint density at radius 2 is 1.79 bits per heavy atom. The van der Waals surface area contributed by atoms with Crippen molar-refractivity contribution in [1.82, 2.24) is 10.2 Å². The highest BCUT2D eigenvalue weighted by Crippen LogP contribution is 2.09. The van der Waals surface area contributed by atoms with E-state index in [4.69, 9.17) is 0 Å². The van der Waals surface area contributed by atoms with E-state index < -0.39 is 0 Å². The first kappa shape index (κ1) is 13.3. The average molecular weight is 258 g/mol. The van der Waals surface area contributed by atoms with Crippen LogP contribution < -0.4 is 5.32 Å². The van der Waals surface area contributed by atoms with Gasteiger partial charge in [0.05, 0.1) is 5.70 Å². The van der Waals surface area contributed by atoms with E-state index in [0.29, 0.717) is 12.0 Å². The first-order valence-corrected chi connectivity index (χ1v) is 6.57. The van der Waals surface area contributed by atoms with Crippen molar-refractivity contribution < 1.29 is 9.59 Å². The summed E-state index contributed by atoms with van der Waals surface area (Å²) in [5.41, 5.74) is 1.19. The maximum Gasteiger partial charge on any atom is 0.321 e. The van der Waals surface area contributed by atoms with Crippen LogP contribution in [-0.2, 0) is 4.79 Å². The molecule has 100 valence electrons. The molecule has 2 rings (SSSR count). The molecule has 1 heterocycles. The van der Waals surface area contributed by atoms with Crippen LogP contribution in [0.5, 0.6) is 0 Å². The normalized spacial score (nSPS) is 16.0. The summed E-state index contributed by atoms with van der Waals surface area (Å²) >= 11 is 0. The molecule has 1 saturated heterocycles. The minimum absolute atomic E-state index is 0.186. The molecule has 19 heavy (non-hydrogen) atoms. The molecule has 4 nitrogen and oxygen atoms in total. The molecular formula is C15H18N2O2. The Kier molecular flexibility index (Phi) is 4.72. The third-order valence-corrected chi connectivity index (χ3v) is 3.14. The summed E-state index contributed by atoms with van der Waals surface area (Å²) in [6.07, 6.45) is 5.59. The smallest absolute Gasteiger partial charge is 0.321 e. The van der Waals surface area contributed by atoms with Gasteiger partial charge in [-0.15, -0.1) is 0 Å². The Bertz CT molecular complexity index is 462. The van der Waals surface area contributed by atoms with Gasteiger partial charge in [0, 0.05) is 13.1 Å². The molecular weight excluding hydrogens is 240 g/mol. The molecule has 1 aliphatic heterocycles. The molecule has 1 N–H and O–H groups in total. The van der Waals surface area contributed by atoms with Crippen LogP contribution in [0.4, 0.5) is 4.79 Å². The van der Waals surface area contributed by atoms with E-state index in [1.165, 1.54) is 6.42 Å². The number of amides is 2. The zero-order valence-corrected chi connectivity index (χ0v) is 10.8. The summed E-state index contributed by atoms with van der Waals surface area (Å²) in [7, 11) is 0. The minimum atomic E-state index is -0.186. The highest BCUT2D eigenvalue weighted by molar-refractivity contribution is 5.89. The first-order valence-electron chi connectivity index (χ1n) is 6.57. The van der Waals surface area contributed by atoms with Gasteiger partial charge < -0.3 is 10.2 Å². The minimum Gasteiger partial charge on any atom is -0.325 e. The van der Waals surface area contributed by atoms with Crippen molar-refractivity contribution in [3.63, 3.8) is 0 Å². The molecule has 1 aromatic carbocycles. The van der Waals surface area contributed by atoms with Crippen LogP contribution in [0.3, 0.4) is 0 Å². The van der Waals surface area contributed by atoms with Crippen molar-refractivity contribution in [2.24, 2.45) is 0 Å². The van der Waals surface area contributed by atoms with E-state index >= 15 is 0 Å². The second kappa shape index (κ2) is 6.73. The molecule has 0 aliphatic carbocycles. The van der Waals surface area contributed by atoms with Crippen molar-refractivity contribution >= 4 is 18.4 Å². The van der Waals surface area contributed by atoms with Gasteiger partial charge in [0.15, 0.2) is 6.29 Å². The lowest BCUT2D eigenvalue weighted by Crippen LogP contribution is -2.42. The topological polar surface area (TPSA) is 49.4 Å². The van der Waals surface area contributed by atoms with Crippen LogP contribution in [0.1, 0.15) is 24.8 Å². The maximum absolute atomic E-state index is 12.0. The monoisotopic (exact) mass is 258 g/mol. The lowest BCUT2D eigenvalue weighted by atomic mass is 10.1. The van der Waals surface area contributed by atoms with Crippen molar-refractivity contribution in [3.8, 4) is 0 Å². The number of nitrogens with zero attached hydrogens (tertiary/aromatic N) is 1. The Balaban J connectivity index is 2.00. The van der Waals surface area contributed by atoms with Crippen LogP contribution in [-0.4, -0.2) is 30.3 Å². The second-order valence-electron chi connectivity index (χ2n) is 4.61. The Hall–Kier alpha value is -2.10. The number of allylic oxidation sites excluding steroid dienone is 1. The largest absolute Gasteiger partial charge is 0.325 e. The fraction of sp³-hybridized carbons (Fsp3) is 0.333. The third-order valence-electron chi connectivity index (χ3n) is 3.14. The van der Waals surface area contributed by atoms with E-state index in [1.807, 2.05) is 30.3 Å². The van der Waals surface area contributed by atoms with E-state index in [1.54, 1.807) is 11.0 Å². The van der Waals surface area contributed by atoms with E-state index in [0.717, 1.165) is 31.5 Å². The van der Waals surface area contributed by atoms with Gasteiger partial charge in [0.2, 0.25) is 0 Å². The SMILES string of the molecule is O=CC(=Cc1ccccc1)NC(=O)N1CCCCC1. The van der Waals surface area contributed by atoms with E-state index in [-0.39, 0.29) is 6.03 Å². The van der Waals surface area contributed by atoms with Crippen LogP contribution in [0.15, 0.2) is 36.0 Å². The highest BCUT2D eigenvalue weighted by Gasteiger charge is 2.16. The molecule has 0 aromatic heterocycles. The Morgan fingerprint density at radius 1 is 1.11 bits per heavy atom. The number of carbonyl (C=O) groups is 2. The molecule has 4 heteroatoms. The van der Waals surface area contributed by atoms with Gasteiger partial charge in [-0.05, 0) is 30.9 Å². The molecule has 1 fully saturated rings. The summed E-state index contributed by atoms with van der Waals surface area (Å²) in [6.45, 7) is 1.53. The van der Waals surface area contributed by atoms with Gasteiger partial charge in [-0.1, -0.05) is 30.3 Å². The zero-order chi connectivity index (χ0) is 13.5. The van der Waals surface area contributed by atoms with Gasteiger partial charge in [-0.25, -0.2) is 4.79 Å². The van der Waals surface area contributed by atoms with Crippen molar-refractivity contribution in [2.75, 3.05) is 13.1 Å². The number of hydrogen-bond donors (Lipinski definition) is 1. The standard InChI is InChI=1S/C15H18N2O2/c18-12-14(11-13-7-3-1-4-8-13)16-15(19)17-9-5-2-6-10-17/h1,3-4,7-8,11-12H,2,5-6,9-10H2,(H,16,19). The van der Waals surface area contributed by atoms with Crippen LogP contribution in [0.25, 0.3) is 6.08 Å². The van der Waals surface area contributed by atoms with E-state index in [9.17, 15) is 9.59 Å². The van der Waals surface area contributed by atoms with Crippen molar-refractivity contribution in [1.29, 1.82) is 0 Å². The molecule has 1 aliphatic rings. The second-order valence-corrected chi connectivity index (χ2v) is 4.61. The number of rotatable bonds is 3. The van der Waals surface area contributed by atoms with Crippen LogP contribution in [0.2, 0.25) is 0 Å². The molecule has 0 saturated carbocycles. The van der Waals surface area contributed by atoms with Gasteiger partial charge in [-0.2, -0.15) is 0 Å². The fourth-order valence-electron chi connectivity index (χ4n) is 2.13. The number of hydrogen-bond acceptors (Lipinski definition) is 2. The summed E-state index contributed by atoms with van der Waals surface area (Å²) in [5.74, 6) is 0. The predicted octanol–water partition coefficient (Wildman–Crippen LogP) is 2.42. The average Bonchev–Trinajstić information content (AvgIpc) is 2.48. The molecule has 2 amide bonds. The summed E-state index contributed by atoms with van der Waals surface area (Å²) < 4.78 is 0. The molecule has 0 bridgehead atoms. The summed E-state index contributed by atoms with van der Waals surface area (Å²) in [4.78, 5) is 24.8. The number of urea groups is 1. The molecule has 0 atom stereocenters. The lowest BCUT2D eigenvalue weighted by Gasteiger charge is -2.26. The molecule has 0 unspecified atom stereocenters. The predicted molar refractivity (Wildman–Crippen MR) is 74.4 cm³/mol. The number of benzene rings is 1. The number of likely N-dealkylation sites (tertiary alicyclic amines) is 1. The van der Waals surface area contributed by atoms with E-state index in [2.05, 4.69) is 5.32 Å². The lowest BCUT2D eigenvalue weighted by molar-refractivity contribution is -0.105. The van der Waals surface area contributed by atoms with Crippen molar-refractivity contribution in [2.45, 2.75) is 19.3 Å². The fourth-order valence-corrected chi connectivity index (χ4v) is 2.13.